The Hall–Kier alpha value is -2.49. The van der Waals surface area contributed by atoms with Crippen LogP contribution in [0.3, 0.4) is 0 Å². The van der Waals surface area contributed by atoms with Crippen molar-refractivity contribution in [3.05, 3.63) is 30.1 Å². The number of morpholine rings is 1. The quantitative estimate of drug-likeness (QED) is 0.646. The van der Waals surface area contributed by atoms with Crippen molar-refractivity contribution in [1.29, 1.82) is 0 Å². The van der Waals surface area contributed by atoms with E-state index in [1.807, 2.05) is 12.3 Å². The van der Waals surface area contributed by atoms with E-state index in [9.17, 15) is 5.11 Å². The number of methoxy groups -OCH3 is 1. The first-order valence-electron chi connectivity index (χ1n) is 11.0. The molecule has 0 unspecified atom stereocenters. The molecule has 5 rings (SSSR count). The highest BCUT2D eigenvalue weighted by atomic mass is 16.5. The van der Waals surface area contributed by atoms with Gasteiger partial charge in [-0.25, -0.2) is 4.98 Å². The van der Waals surface area contributed by atoms with Crippen LogP contribution in [-0.4, -0.2) is 69.6 Å². The smallest absolute Gasteiger partial charge is 0.167 e. The summed E-state index contributed by atoms with van der Waals surface area (Å²) in [6.07, 6.45) is 6.78. The summed E-state index contributed by atoms with van der Waals surface area (Å²) >= 11 is 0. The summed E-state index contributed by atoms with van der Waals surface area (Å²) < 4.78 is 12.7. The Morgan fingerprint density at radius 1 is 1.35 bits per heavy atom. The molecule has 0 bridgehead atoms. The highest BCUT2D eigenvalue weighted by Crippen LogP contribution is 2.43. The van der Waals surface area contributed by atoms with Crippen molar-refractivity contribution < 1.29 is 14.6 Å². The Bertz CT molecular complexity index is 1030. The third-order valence-corrected chi connectivity index (χ3v) is 6.74. The predicted octanol–water partition coefficient (Wildman–Crippen LogP) is 2.39. The Kier molecular flexibility index (Phi) is 5.41. The van der Waals surface area contributed by atoms with Crippen molar-refractivity contribution in [2.45, 2.75) is 44.2 Å². The summed E-state index contributed by atoms with van der Waals surface area (Å²) in [4.78, 5) is 7.25. The van der Waals surface area contributed by atoms with Gasteiger partial charge in [0.2, 0.25) is 0 Å². The number of nitrogens with zero attached hydrogens (tertiary/aromatic N) is 5. The van der Waals surface area contributed by atoms with E-state index in [-0.39, 0.29) is 6.04 Å². The fraction of sp³-hybridized carbons (Fsp3) is 0.591. The topological polar surface area (TPSA) is 101 Å². The molecule has 1 saturated carbocycles. The second kappa shape index (κ2) is 8.22. The van der Waals surface area contributed by atoms with Crippen molar-refractivity contribution >= 4 is 16.9 Å². The number of H-pyrrole nitrogens is 1. The predicted molar refractivity (Wildman–Crippen MR) is 116 cm³/mol. The summed E-state index contributed by atoms with van der Waals surface area (Å²) in [6.45, 7) is 4.99. The van der Waals surface area contributed by atoms with Gasteiger partial charge in [-0.2, -0.15) is 14.9 Å². The summed E-state index contributed by atoms with van der Waals surface area (Å²) in [5, 5.41) is 24.3. The Morgan fingerprint density at radius 3 is 2.90 bits per heavy atom. The Balaban J connectivity index is 1.61. The lowest BCUT2D eigenvalue weighted by molar-refractivity contribution is -0.0233. The number of rotatable bonds is 5. The average molecular weight is 427 g/mol. The number of hydrogen-bond donors (Lipinski definition) is 2. The lowest BCUT2D eigenvalue weighted by Gasteiger charge is -2.38. The number of hydrogen-bond acceptors (Lipinski definition) is 7. The van der Waals surface area contributed by atoms with Crippen molar-refractivity contribution in [2.75, 3.05) is 38.4 Å². The zero-order valence-corrected chi connectivity index (χ0v) is 18.1. The first-order valence-corrected chi connectivity index (χ1v) is 11.0. The average Bonchev–Trinajstić information content (AvgIpc) is 3.45. The number of pyridine rings is 1. The van der Waals surface area contributed by atoms with Gasteiger partial charge in [-0.1, -0.05) is 0 Å². The van der Waals surface area contributed by atoms with Crippen LogP contribution in [0.2, 0.25) is 0 Å². The molecule has 1 aliphatic carbocycles. The van der Waals surface area contributed by atoms with Crippen LogP contribution in [0.15, 0.2) is 24.5 Å². The van der Waals surface area contributed by atoms with Crippen LogP contribution in [0.5, 0.6) is 0 Å². The normalized spacial score (nSPS) is 27.1. The summed E-state index contributed by atoms with van der Waals surface area (Å²) in [5.74, 6) is 2.09. The first kappa shape index (κ1) is 20.4. The van der Waals surface area contributed by atoms with E-state index < -0.39 is 5.60 Å². The molecule has 0 spiro atoms. The van der Waals surface area contributed by atoms with Crippen molar-refractivity contribution in [2.24, 2.45) is 5.92 Å². The molecule has 1 saturated heterocycles. The van der Waals surface area contributed by atoms with E-state index in [0.29, 0.717) is 32.0 Å². The maximum atomic E-state index is 11.8. The van der Waals surface area contributed by atoms with E-state index >= 15 is 0 Å². The maximum absolute atomic E-state index is 11.8. The van der Waals surface area contributed by atoms with Crippen LogP contribution in [-0.2, 0) is 15.1 Å². The van der Waals surface area contributed by atoms with Crippen LogP contribution in [0, 0.1) is 5.92 Å². The van der Waals surface area contributed by atoms with Gasteiger partial charge in [0.05, 0.1) is 37.3 Å². The number of aromatic nitrogens is 5. The highest BCUT2D eigenvalue weighted by Gasteiger charge is 2.38. The van der Waals surface area contributed by atoms with Gasteiger partial charge in [0, 0.05) is 31.7 Å². The fourth-order valence-electron chi connectivity index (χ4n) is 4.96. The summed E-state index contributed by atoms with van der Waals surface area (Å²) in [5.41, 5.74) is 0.730. The van der Waals surface area contributed by atoms with Crippen LogP contribution >= 0.6 is 0 Å². The number of anilines is 1. The molecule has 2 aliphatic rings. The molecule has 1 aliphatic heterocycles. The molecule has 9 heteroatoms. The van der Waals surface area contributed by atoms with E-state index in [2.05, 4.69) is 33.2 Å². The zero-order valence-electron chi connectivity index (χ0n) is 18.1. The molecule has 1 atom stereocenters. The second-order valence-corrected chi connectivity index (χ2v) is 8.81. The van der Waals surface area contributed by atoms with E-state index in [4.69, 9.17) is 14.5 Å². The minimum Gasteiger partial charge on any atom is -0.385 e. The molecule has 2 N–H and O–H groups in total. The number of fused-ring (bicyclic) bond motifs is 1. The third-order valence-electron chi connectivity index (χ3n) is 6.74. The van der Waals surface area contributed by atoms with Crippen LogP contribution in [0.1, 0.15) is 38.2 Å². The number of aliphatic hydroxyl groups is 1. The molecule has 0 aromatic carbocycles. The Morgan fingerprint density at radius 2 is 2.19 bits per heavy atom. The molecule has 9 nitrogen and oxygen atoms in total. The van der Waals surface area contributed by atoms with Gasteiger partial charge in [-0.3, -0.25) is 5.10 Å². The standard InChI is InChI=1S/C22H30N6O3/c1-15-13-31-10-9-27(15)20-11-18(22(29)6-3-16(4-7-22)14-30-2)17-12-24-28(21(17)25-20)19-5-8-23-26-19/h5,8,11-12,15-16,29H,3-4,6-7,9-10,13-14H2,1-2H3,(H,23,26)/t15-,16?,22?/m1/s1. The van der Waals surface area contributed by atoms with E-state index in [1.165, 1.54) is 0 Å². The molecular formula is C22H30N6O3. The molecular weight excluding hydrogens is 396 g/mol. The van der Waals surface area contributed by atoms with Gasteiger partial charge < -0.3 is 19.5 Å². The van der Waals surface area contributed by atoms with Crippen molar-refractivity contribution in [3.8, 4) is 5.82 Å². The third kappa shape index (κ3) is 3.71. The van der Waals surface area contributed by atoms with Gasteiger partial charge in [-0.15, -0.1) is 0 Å². The van der Waals surface area contributed by atoms with Crippen molar-refractivity contribution in [1.82, 2.24) is 25.0 Å². The number of nitrogens with one attached hydrogen (secondary N) is 1. The van der Waals surface area contributed by atoms with Gasteiger partial charge >= 0.3 is 0 Å². The van der Waals surface area contributed by atoms with Gasteiger partial charge in [0.15, 0.2) is 11.5 Å². The molecule has 4 heterocycles. The summed E-state index contributed by atoms with van der Waals surface area (Å²) in [7, 11) is 1.74. The highest BCUT2D eigenvalue weighted by molar-refractivity contribution is 5.83. The molecule has 2 fully saturated rings. The molecule has 166 valence electrons. The maximum Gasteiger partial charge on any atom is 0.167 e. The largest absolute Gasteiger partial charge is 0.385 e. The minimum absolute atomic E-state index is 0.210. The molecule has 3 aromatic heterocycles. The van der Waals surface area contributed by atoms with Crippen LogP contribution in [0.25, 0.3) is 16.9 Å². The summed E-state index contributed by atoms with van der Waals surface area (Å²) in [6, 6.07) is 4.14. The Labute approximate surface area is 181 Å². The molecule has 3 aromatic rings. The van der Waals surface area contributed by atoms with E-state index in [1.54, 1.807) is 18.0 Å². The minimum atomic E-state index is -0.905. The van der Waals surface area contributed by atoms with Gasteiger partial charge in [-0.05, 0) is 50.2 Å². The molecule has 0 radical (unpaired) electrons. The van der Waals surface area contributed by atoms with Crippen LogP contribution in [0.4, 0.5) is 5.82 Å². The molecule has 31 heavy (non-hydrogen) atoms. The zero-order chi connectivity index (χ0) is 21.4. The van der Waals surface area contributed by atoms with Gasteiger partial charge in [0.1, 0.15) is 5.82 Å². The second-order valence-electron chi connectivity index (χ2n) is 8.81. The van der Waals surface area contributed by atoms with Crippen molar-refractivity contribution in [3.63, 3.8) is 0 Å². The van der Waals surface area contributed by atoms with Gasteiger partial charge in [0.25, 0.3) is 0 Å². The lowest BCUT2D eigenvalue weighted by atomic mass is 9.75. The molecule has 0 amide bonds. The van der Waals surface area contributed by atoms with Crippen LogP contribution < -0.4 is 4.90 Å². The fourth-order valence-corrected chi connectivity index (χ4v) is 4.96. The lowest BCUT2D eigenvalue weighted by Crippen LogP contribution is -2.44. The number of aromatic amines is 1. The monoisotopic (exact) mass is 426 g/mol. The number of ether oxygens (including phenoxy) is 2. The van der Waals surface area contributed by atoms with E-state index in [0.717, 1.165) is 54.2 Å². The SMILES string of the molecule is COCC1CCC(O)(c2cc(N3CCOC[C@H]3C)nc3c2cnn3-c2ccn[nH]2)CC1. The first-order chi connectivity index (χ1) is 15.1.